The lowest BCUT2D eigenvalue weighted by Gasteiger charge is -2.43. The molecule has 0 unspecified atom stereocenters. The Morgan fingerprint density at radius 3 is 2.72 bits per heavy atom. The molecule has 0 aromatic carbocycles. The smallest absolute Gasteiger partial charge is 0.306 e. The highest BCUT2D eigenvalue weighted by Gasteiger charge is 2.63. The number of aliphatic hydroxyl groups is 2. The predicted octanol–water partition coefficient (Wildman–Crippen LogP) is 4.02. The van der Waals surface area contributed by atoms with Crippen LogP contribution < -0.4 is 0 Å². The van der Waals surface area contributed by atoms with E-state index in [0.29, 0.717) is 18.4 Å². The number of allylic oxidation sites excluding steroid dienone is 1. The van der Waals surface area contributed by atoms with Crippen molar-refractivity contribution in [1.82, 2.24) is 0 Å². The molecule has 162 valence electrons. The molecule has 0 amide bonds. The van der Waals surface area contributed by atoms with Gasteiger partial charge >= 0.3 is 5.97 Å². The van der Waals surface area contributed by atoms with Crippen molar-refractivity contribution in [3.8, 4) is 0 Å². The molecular weight excluding hydrogens is 368 g/mol. The van der Waals surface area contributed by atoms with Crippen LogP contribution in [0.4, 0.5) is 0 Å². The van der Waals surface area contributed by atoms with E-state index in [1.807, 2.05) is 6.08 Å². The number of hydrogen-bond donors (Lipinski definition) is 2. The normalized spacial score (nSPS) is 33.6. The number of rotatable bonds is 9. The molecule has 0 aliphatic heterocycles. The molecule has 4 atom stereocenters. The summed E-state index contributed by atoms with van der Waals surface area (Å²) >= 11 is 0. The highest BCUT2D eigenvalue weighted by molar-refractivity contribution is 5.93. The second kappa shape index (κ2) is 9.57. The minimum atomic E-state index is -1.51. The van der Waals surface area contributed by atoms with Gasteiger partial charge in [-0.25, -0.2) is 0 Å². The number of unbranched alkanes of at least 4 members (excludes halogenated alkanes) is 5. The number of Topliss-reactive ketones (excluding diaryl/α,β-unsaturated/α-hetero) is 1. The Morgan fingerprint density at radius 2 is 1.97 bits per heavy atom. The van der Waals surface area contributed by atoms with E-state index < -0.39 is 17.1 Å². The molecule has 0 saturated heterocycles. The molecule has 5 heteroatoms. The summed E-state index contributed by atoms with van der Waals surface area (Å²) in [6, 6.07) is 0. The molecule has 29 heavy (non-hydrogen) atoms. The number of hydrogen-bond acceptors (Lipinski definition) is 5. The predicted molar refractivity (Wildman–Crippen MR) is 111 cm³/mol. The summed E-state index contributed by atoms with van der Waals surface area (Å²) in [4.78, 5) is 25.8. The number of ketones is 1. The van der Waals surface area contributed by atoms with E-state index in [9.17, 15) is 19.8 Å². The summed E-state index contributed by atoms with van der Waals surface area (Å²) in [6.45, 7) is 1.98. The topological polar surface area (TPSA) is 83.8 Å². The highest BCUT2D eigenvalue weighted by atomic mass is 16.6. The van der Waals surface area contributed by atoms with Gasteiger partial charge in [-0.2, -0.15) is 0 Å². The zero-order chi connectivity index (χ0) is 20.9. The second-order valence-electron chi connectivity index (χ2n) is 9.06. The summed E-state index contributed by atoms with van der Waals surface area (Å²) in [5.41, 5.74) is -1.86. The molecule has 0 radical (unpaired) electrons. The van der Waals surface area contributed by atoms with Crippen LogP contribution in [0.25, 0.3) is 0 Å². The average Bonchev–Trinajstić information content (AvgIpc) is 2.81. The first-order valence-corrected chi connectivity index (χ1v) is 11.4. The van der Waals surface area contributed by atoms with Crippen molar-refractivity contribution < 1.29 is 24.5 Å². The van der Waals surface area contributed by atoms with Crippen molar-refractivity contribution in [3.05, 3.63) is 23.8 Å². The van der Waals surface area contributed by atoms with Gasteiger partial charge in [0, 0.05) is 18.8 Å². The van der Waals surface area contributed by atoms with E-state index in [2.05, 4.69) is 6.92 Å². The van der Waals surface area contributed by atoms with Crippen LogP contribution in [0, 0.1) is 11.3 Å². The maximum Gasteiger partial charge on any atom is 0.306 e. The monoisotopic (exact) mass is 404 g/mol. The van der Waals surface area contributed by atoms with Crippen molar-refractivity contribution in [2.24, 2.45) is 11.3 Å². The molecular formula is C24H36O5. The zero-order valence-electron chi connectivity index (χ0n) is 17.7. The Morgan fingerprint density at radius 1 is 1.21 bits per heavy atom. The van der Waals surface area contributed by atoms with E-state index in [0.717, 1.165) is 38.5 Å². The number of ether oxygens (including phenoxy) is 1. The summed E-state index contributed by atoms with van der Waals surface area (Å²) in [5, 5.41) is 21.5. The van der Waals surface area contributed by atoms with Crippen molar-refractivity contribution in [3.63, 3.8) is 0 Å². The van der Waals surface area contributed by atoms with Crippen LogP contribution in [-0.2, 0) is 14.3 Å². The van der Waals surface area contributed by atoms with Gasteiger partial charge < -0.3 is 14.9 Å². The molecule has 0 aromatic rings. The van der Waals surface area contributed by atoms with Crippen LogP contribution in [0.5, 0.6) is 0 Å². The van der Waals surface area contributed by atoms with Gasteiger partial charge in [0.25, 0.3) is 0 Å². The SMILES string of the molecule is CCCCCCCCC(=O)O[C@H]1C=C[C@@]23CCCC[C@H](C=C(CO)C[C@]12O)C3=O. The molecule has 0 heterocycles. The third kappa shape index (κ3) is 4.36. The summed E-state index contributed by atoms with van der Waals surface area (Å²) in [5.74, 6) is -0.598. The van der Waals surface area contributed by atoms with Gasteiger partial charge in [0.2, 0.25) is 0 Å². The molecule has 3 aliphatic rings. The Labute approximate surface area is 174 Å². The summed E-state index contributed by atoms with van der Waals surface area (Å²) in [6.07, 6.45) is 14.6. The summed E-state index contributed by atoms with van der Waals surface area (Å²) < 4.78 is 5.70. The lowest BCUT2D eigenvalue weighted by molar-refractivity contribution is -0.175. The fourth-order valence-electron chi connectivity index (χ4n) is 5.36. The molecule has 5 nitrogen and oxygen atoms in total. The van der Waals surface area contributed by atoms with Crippen LogP contribution >= 0.6 is 0 Å². The Kier molecular flexibility index (Phi) is 7.33. The lowest BCUT2D eigenvalue weighted by atomic mass is 9.65. The highest BCUT2D eigenvalue weighted by Crippen LogP contribution is 2.55. The molecule has 1 spiro atoms. The first-order valence-electron chi connectivity index (χ1n) is 11.4. The Bertz CT molecular complexity index is 666. The van der Waals surface area contributed by atoms with Crippen molar-refractivity contribution in [2.75, 3.05) is 6.61 Å². The van der Waals surface area contributed by atoms with Crippen molar-refractivity contribution in [1.29, 1.82) is 0 Å². The van der Waals surface area contributed by atoms with Crippen LogP contribution in [0.2, 0.25) is 0 Å². The van der Waals surface area contributed by atoms with E-state index in [1.54, 1.807) is 12.2 Å². The van der Waals surface area contributed by atoms with E-state index in [4.69, 9.17) is 4.74 Å². The molecule has 1 fully saturated rings. The van der Waals surface area contributed by atoms with E-state index >= 15 is 0 Å². The molecule has 3 aliphatic carbocycles. The minimum absolute atomic E-state index is 0.00618. The maximum absolute atomic E-state index is 13.4. The largest absolute Gasteiger partial charge is 0.455 e. The van der Waals surface area contributed by atoms with Crippen LogP contribution in [0.3, 0.4) is 0 Å². The Hall–Kier alpha value is -1.46. The lowest BCUT2D eigenvalue weighted by Crippen LogP contribution is -2.56. The van der Waals surface area contributed by atoms with Gasteiger partial charge in [-0.1, -0.05) is 64.0 Å². The van der Waals surface area contributed by atoms with Crippen LogP contribution in [0.15, 0.2) is 23.8 Å². The fourth-order valence-corrected chi connectivity index (χ4v) is 5.36. The average molecular weight is 405 g/mol. The first-order chi connectivity index (χ1) is 14.0. The van der Waals surface area contributed by atoms with Gasteiger partial charge in [-0.05, 0) is 30.9 Å². The maximum atomic E-state index is 13.4. The number of fused-ring (bicyclic) bond motifs is 1. The summed E-state index contributed by atoms with van der Waals surface area (Å²) in [7, 11) is 0. The van der Waals surface area contributed by atoms with E-state index in [1.165, 1.54) is 19.3 Å². The molecule has 0 aromatic heterocycles. The molecule has 2 N–H and O–H groups in total. The van der Waals surface area contributed by atoms with Crippen LogP contribution in [-0.4, -0.2) is 40.3 Å². The third-order valence-corrected chi connectivity index (χ3v) is 7.04. The Balaban J connectivity index is 1.69. The van der Waals surface area contributed by atoms with Gasteiger partial charge in [0.1, 0.15) is 5.60 Å². The fraction of sp³-hybridized carbons (Fsp3) is 0.750. The van der Waals surface area contributed by atoms with Gasteiger partial charge in [-0.15, -0.1) is 0 Å². The second-order valence-corrected chi connectivity index (χ2v) is 9.06. The van der Waals surface area contributed by atoms with Crippen molar-refractivity contribution in [2.45, 2.75) is 95.7 Å². The number of carbonyl (C=O) groups is 2. The van der Waals surface area contributed by atoms with Gasteiger partial charge in [-0.3, -0.25) is 9.59 Å². The quantitative estimate of drug-likeness (QED) is 0.344. The molecule has 1 saturated carbocycles. The number of carbonyl (C=O) groups excluding carboxylic acids is 2. The van der Waals surface area contributed by atoms with Crippen molar-refractivity contribution >= 4 is 11.8 Å². The zero-order valence-corrected chi connectivity index (χ0v) is 17.7. The number of aliphatic hydroxyl groups excluding tert-OH is 1. The van der Waals surface area contributed by atoms with Gasteiger partial charge in [0.05, 0.1) is 12.0 Å². The minimum Gasteiger partial charge on any atom is -0.455 e. The van der Waals surface area contributed by atoms with Gasteiger partial charge in [0.15, 0.2) is 11.9 Å². The standard InChI is InChI=1S/C24H36O5/c1-2-3-4-5-6-7-11-21(26)29-20-12-14-23-13-9-8-10-19(22(23)27)15-18(17-25)16-24(20,23)28/h12,14-15,19-20,25,28H,2-11,13,16-17H2,1H3/t19-,20+,23-,24+/m1/s1. The molecule has 3 rings (SSSR count). The molecule has 2 bridgehead atoms. The van der Waals surface area contributed by atoms with Crippen LogP contribution in [0.1, 0.15) is 84.0 Å². The number of esters is 1. The third-order valence-electron chi connectivity index (χ3n) is 7.04. The van der Waals surface area contributed by atoms with E-state index in [-0.39, 0.29) is 30.7 Å². The first kappa shape index (κ1) is 22.2.